The number of hydrogen-bond donors (Lipinski definition) is 1. The van der Waals surface area contributed by atoms with Crippen LogP contribution in [0, 0.1) is 11.7 Å². The Kier molecular flexibility index (Phi) is 3.79. The summed E-state index contributed by atoms with van der Waals surface area (Å²) >= 11 is 5.73. The van der Waals surface area contributed by atoms with Gasteiger partial charge in [0.1, 0.15) is 5.82 Å². The maximum atomic E-state index is 13.7. The van der Waals surface area contributed by atoms with Crippen molar-refractivity contribution in [2.75, 3.05) is 13.2 Å². The molecule has 16 heavy (non-hydrogen) atoms. The second kappa shape index (κ2) is 5.13. The van der Waals surface area contributed by atoms with Crippen LogP contribution >= 0.6 is 11.6 Å². The highest BCUT2D eigenvalue weighted by molar-refractivity contribution is 6.30. The molecule has 1 aromatic rings. The summed E-state index contributed by atoms with van der Waals surface area (Å²) in [7, 11) is 0. The van der Waals surface area contributed by atoms with Crippen LogP contribution in [0.4, 0.5) is 4.39 Å². The summed E-state index contributed by atoms with van der Waals surface area (Å²) in [4.78, 5) is 0. The summed E-state index contributed by atoms with van der Waals surface area (Å²) in [6, 6.07) is 5.16. The van der Waals surface area contributed by atoms with Gasteiger partial charge in [0.15, 0.2) is 0 Å². The average molecular weight is 244 g/mol. The molecule has 0 amide bonds. The first-order valence-electron chi connectivity index (χ1n) is 5.44. The Hall–Kier alpha value is -0.640. The third kappa shape index (κ3) is 2.54. The Bertz CT molecular complexity index is 372. The molecular weight excluding hydrogens is 229 g/mol. The molecule has 0 spiro atoms. The molecule has 1 heterocycles. The lowest BCUT2D eigenvalue weighted by Crippen LogP contribution is -2.39. The Balaban J connectivity index is 2.10. The van der Waals surface area contributed by atoms with E-state index in [0.29, 0.717) is 25.2 Å². The quantitative estimate of drug-likeness (QED) is 0.866. The van der Waals surface area contributed by atoms with E-state index >= 15 is 0 Å². The fraction of sp³-hybridized carbons (Fsp3) is 0.500. The molecule has 2 unspecified atom stereocenters. The summed E-state index contributed by atoms with van der Waals surface area (Å²) in [5.74, 6) is -0.149. The van der Waals surface area contributed by atoms with Gasteiger partial charge >= 0.3 is 0 Å². The molecule has 0 aromatic heterocycles. The molecule has 2 N–H and O–H groups in total. The molecule has 1 aliphatic heterocycles. The van der Waals surface area contributed by atoms with Gasteiger partial charge in [-0.1, -0.05) is 23.7 Å². The fourth-order valence-corrected chi connectivity index (χ4v) is 2.21. The van der Waals surface area contributed by atoms with Crippen LogP contribution in [0.25, 0.3) is 0 Å². The van der Waals surface area contributed by atoms with Gasteiger partial charge < -0.3 is 10.5 Å². The van der Waals surface area contributed by atoms with Crippen molar-refractivity contribution < 1.29 is 9.13 Å². The second-order valence-corrected chi connectivity index (χ2v) is 4.61. The van der Waals surface area contributed by atoms with E-state index in [-0.39, 0.29) is 22.8 Å². The molecule has 0 bridgehead atoms. The molecule has 2 atom stereocenters. The maximum Gasteiger partial charge on any atom is 0.144 e. The van der Waals surface area contributed by atoms with E-state index in [1.165, 1.54) is 0 Å². The van der Waals surface area contributed by atoms with Crippen LogP contribution < -0.4 is 5.73 Å². The van der Waals surface area contributed by atoms with Crippen LogP contribution in [0.3, 0.4) is 0 Å². The smallest absolute Gasteiger partial charge is 0.144 e. The minimum Gasteiger partial charge on any atom is -0.381 e. The molecule has 1 fully saturated rings. The van der Waals surface area contributed by atoms with Crippen molar-refractivity contribution >= 4 is 11.6 Å². The summed E-state index contributed by atoms with van der Waals surface area (Å²) in [5.41, 5.74) is 6.60. The highest BCUT2D eigenvalue weighted by atomic mass is 35.5. The number of halogens is 2. The second-order valence-electron chi connectivity index (χ2n) is 4.20. The van der Waals surface area contributed by atoms with Crippen molar-refractivity contribution in [1.82, 2.24) is 0 Å². The van der Waals surface area contributed by atoms with E-state index in [1.807, 2.05) is 0 Å². The molecule has 0 saturated carbocycles. The SMILES string of the molecule is NC1CCOCC1Cc1cccc(Cl)c1F. The predicted octanol–water partition coefficient (Wildman–Crippen LogP) is 2.39. The summed E-state index contributed by atoms with van der Waals surface area (Å²) in [6.07, 6.45) is 1.43. The first-order chi connectivity index (χ1) is 7.68. The molecule has 2 nitrogen and oxygen atoms in total. The van der Waals surface area contributed by atoms with E-state index in [4.69, 9.17) is 22.1 Å². The van der Waals surface area contributed by atoms with Crippen LogP contribution in [0.15, 0.2) is 18.2 Å². The van der Waals surface area contributed by atoms with E-state index in [1.54, 1.807) is 18.2 Å². The first kappa shape index (κ1) is 11.8. The average Bonchev–Trinajstić information content (AvgIpc) is 2.28. The lowest BCUT2D eigenvalue weighted by Gasteiger charge is -2.28. The standard InChI is InChI=1S/C12H15ClFNO/c13-10-3-1-2-8(12(10)14)6-9-7-16-5-4-11(9)15/h1-3,9,11H,4-7,15H2. The van der Waals surface area contributed by atoms with Crippen molar-refractivity contribution in [3.63, 3.8) is 0 Å². The largest absolute Gasteiger partial charge is 0.381 e. The molecule has 0 aliphatic carbocycles. The van der Waals surface area contributed by atoms with E-state index in [2.05, 4.69) is 0 Å². The van der Waals surface area contributed by atoms with Gasteiger partial charge in [0.05, 0.1) is 11.6 Å². The van der Waals surface area contributed by atoms with Gasteiger partial charge in [-0.2, -0.15) is 0 Å². The summed E-state index contributed by atoms with van der Waals surface area (Å²) in [5, 5.41) is 0.169. The molecule has 1 aliphatic rings. The highest BCUT2D eigenvalue weighted by Crippen LogP contribution is 2.23. The van der Waals surface area contributed by atoms with Gasteiger partial charge in [-0.05, 0) is 24.5 Å². The van der Waals surface area contributed by atoms with Crippen molar-refractivity contribution in [2.24, 2.45) is 11.7 Å². The van der Waals surface area contributed by atoms with Crippen LogP contribution in [-0.4, -0.2) is 19.3 Å². The van der Waals surface area contributed by atoms with E-state index in [9.17, 15) is 4.39 Å². The zero-order valence-corrected chi connectivity index (χ0v) is 9.71. The third-order valence-electron chi connectivity index (χ3n) is 3.05. The van der Waals surface area contributed by atoms with Gasteiger partial charge in [-0.15, -0.1) is 0 Å². The molecule has 2 rings (SSSR count). The van der Waals surface area contributed by atoms with Gasteiger partial charge in [0.2, 0.25) is 0 Å². The Labute approximate surface area is 99.5 Å². The third-order valence-corrected chi connectivity index (χ3v) is 3.34. The zero-order chi connectivity index (χ0) is 11.5. The lowest BCUT2D eigenvalue weighted by molar-refractivity contribution is 0.0419. The number of rotatable bonds is 2. The molecule has 1 saturated heterocycles. The first-order valence-corrected chi connectivity index (χ1v) is 5.82. The number of benzene rings is 1. The Morgan fingerprint density at radius 3 is 3.06 bits per heavy atom. The van der Waals surface area contributed by atoms with Crippen molar-refractivity contribution in [2.45, 2.75) is 18.9 Å². The monoisotopic (exact) mass is 243 g/mol. The summed E-state index contributed by atoms with van der Waals surface area (Å²) < 4.78 is 19.0. The Morgan fingerprint density at radius 1 is 1.50 bits per heavy atom. The number of hydrogen-bond acceptors (Lipinski definition) is 2. The predicted molar refractivity (Wildman–Crippen MR) is 62.0 cm³/mol. The van der Waals surface area contributed by atoms with Crippen LogP contribution in [0.5, 0.6) is 0 Å². The van der Waals surface area contributed by atoms with Crippen LogP contribution in [0.2, 0.25) is 5.02 Å². The zero-order valence-electron chi connectivity index (χ0n) is 8.96. The minimum atomic E-state index is -0.332. The van der Waals surface area contributed by atoms with Crippen LogP contribution in [0.1, 0.15) is 12.0 Å². The van der Waals surface area contributed by atoms with Crippen molar-refractivity contribution in [3.8, 4) is 0 Å². The molecule has 4 heteroatoms. The Morgan fingerprint density at radius 2 is 2.31 bits per heavy atom. The normalized spacial score (nSPS) is 25.7. The summed E-state index contributed by atoms with van der Waals surface area (Å²) in [6.45, 7) is 1.31. The molecule has 1 aromatic carbocycles. The van der Waals surface area contributed by atoms with Gasteiger partial charge in [-0.3, -0.25) is 0 Å². The molecule has 0 radical (unpaired) electrons. The van der Waals surface area contributed by atoms with Gasteiger partial charge in [-0.25, -0.2) is 4.39 Å². The molecule has 88 valence electrons. The highest BCUT2D eigenvalue weighted by Gasteiger charge is 2.23. The topological polar surface area (TPSA) is 35.2 Å². The minimum absolute atomic E-state index is 0.0899. The number of ether oxygens (including phenoxy) is 1. The van der Waals surface area contributed by atoms with Crippen molar-refractivity contribution in [1.29, 1.82) is 0 Å². The maximum absolute atomic E-state index is 13.7. The fourth-order valence-electron chi connectivity index (χ4n) is 2.01. The van der Waals surface area contributed by atoms with Crippen molar-refractivity contribution in [3.05, 3.63) is 34.6 Å². The van der Waals surface area contributed by atoms with E-state index < -0.39 is 0 Å². The van der Waals surface area contributed by atoms with Crippen LogP contribution in [-0.2, 0) is 11.2 Å². The number of nitrogens with two attached hydrogens (primary N) is 1. The molecular formula is C12H15ClFNO. The van der Waals surface area contributed by atoms with E-state index in [0.717, 1.165) is 6.42 Å². The van der Waals surface area contributed by atoms with Gasteiger partial charge in [0.25, 0.3) is 0 Å². The lowest BCUT2D eigenvalue weighted by atomic mass is 9.90. The van der Waals surface area contributed by atoms with Gasteiger partial charge in [0, 0.05) is 18.6 Å².